The summed E-state index contributed by atoms with van der Waals surface area (Å²) in [5.41, 5.74) is 0.853. The number of methoxy groups -OCH3 is 1. The van der Waals surface area contributed by atoms with E-state index in [4.69, 9.17) is 9.84 Å². The molecular weight excluding hydrogens is 270 g/mol. The number of rotatable bonds is 10. The third-order valence-corrected chi connectivity index (χ3v) is 2.51. The SMILES string of the molecule is COCCNCc1cnc(N(CCO)CC(F)F)nc1. The minimum atomic E-state index is -2.50. The Morgan fingerprint density at radius 1 is 1.40 bits per heavy atom. The van der Waals surface area contributed by atoms with Crippen LogP contribution in [0.25, 0.3) is 0 Å². The van der Waals surface area contributed by atoms with Gasteiger partial charge in [-0.3, -0.25) is 0 Å². The number of aliphatic hydroxyl groups excluding tert-OH is 1. The molecule has 20 heavy (non-hydrogen) atoms. The molecule has 1 aromatic heterocycles. The smallest absolute Gasteiger partial charge is 0.255 e. The number of halogens is 2. The second-order valence-electron chi connectivity index (χ2n) is 4.12. The summed E-state index contributed by atoms with van der Waals surface area (Å²) < 4.78 is 29.7. The number of aliphatic hydroxyl groups is 1. The van der Waals surface area contributed by atoms with Gasteiger partial charge < -0.3 is 20.1 Å². The summed E-state index contributed by atoms with van der Waals surface area (Å²) in [4.78, 5) is 9.35. The van der Waals surface area contributed by atoms with Gasteiger partial charge in [0, 0.05) is 44.7 Å². The van der Waals surface area contributed by atoms with Crippen molar-refractivity contribution in [2.24, 2.45) is 0 Å². The Bertz CT molecular complexity index is 365. The number of nitrogens with zero attached hydrogens (tertiary/aromatic N) is 3. The summed E-state index contributed by atoms with van der Waals surface area (Å²) in [6.45, 7) is 1.26. The Balaban J connectivity index is 2.54. The van der Waals surface area contributed by atoms with Crippen LogP contribution in [0.2, 0.25) is 0 Å². The second kappa shape index (κ2) is 9.51. The van der Waals surface area contributed by atoms with E-state index in [-0.39, 0.29) is 19.1 Å². The molecule has 0 saturated carbocycles. The minimum Gasteiger partial charge on any atom is -0.395 e. The fourth-order valence-electron chi connectivity index (χ4n) is 1.57. The average Bonchev–Trinajstić information content (AvgIpc) is 2.43. The van der Waals surface area contributed by atoms with Gasteiger partial charge in [0.25, 0.3) is 6.43 Å². The monoisotopic (exact) mass is 290 g/mol. The highest BCUT2D eigenvalue weighted by molar-refractivity contribution is 5.29. The molecule has 0 aliphatic heterocycles. The first kappa shape index (κ1) is 16.7. The lowest BCUT2D eigenvalue weighted by atomic mass is 10.3. The van der Waals surface area contributed by atoms with Crippen LogP contribution in [0.5, 0.6) is 0 Å². The number of anilines is 1. The van der Waals surface area contributed by atoms with Crippen molar-refractivity contribution < 1.29 is 18.6 Å². The van der Waals surface area contributed by atoms with Gasteiger partial charge in [0.1, 0.15) is 0 Å². The highest BCUT2D eigenvalue weighted by atomic mass is 19.3. The van der Waals surface area contributed by atoms with E-state index in [2.05, 4.69) is 15.3 Å². The number of hydrogen-bond acceptors (Lipinski definition) is 6. The molecule has 8 heteroatoms. The van der Waals surface area contributed by atoms with Crippen molar-refractivity contribution in [3.8, 4) is 0 Å². The number of ether oxygens (including phenoxy) is 1. The van der Waals surface area contributed by atoms with E-state index < -0.39 is 13.0 Å². The quantitative estimate of drug-likeness (QED) is 0.603. The lowest BCUT2D eigenvalue weighted by Gasteiger charge is -2.20. The van der Waals surface area contributed by atoms with Gasteiger partial charge in [0.15, 0.2) is 0 Å². The molecule has 0 saturated heterocycles. The molecule has 0 aliphatic rings. The Labute approximate surface area is 116 Å². The molecule has 0 bridgehead atoms. The molecule has 0 spiro atoms. The van der Waals surface area contributed by atoms with Crippen LogP contribution in [0, 0.1) is 0 Å². The Morgan fingerprint density at radius 2 is 2.10 bits per heavy atom. The predicted octanol–water partition coefficient (Wildman–Crippen LogP) is 0.276. The predicted molar refractivity (Wildman–Crippen MR) is 70.9 cm³/mol. The maximum atomic E-state index is 12.4. The number of alkyl halides is 2. The van der Waals surface area contributed by atoms with Crippen LogP contribution in [0.1, 0.15) is 5.56 Å². The maximum Gasteiger partial charge on any atom is 0.255 e. The van der Waals surface area contributed by atoms with Gasteiger partial charge in [0.2, 0.25) is 5.95 Å². The average molecular weight is 290 g/mol. The molecule has 0 atom stereocenters. The molecule has 0 radical (unpaired) electrons. The third-order valence-electron chi connectivity index (χ3n) is 2.51. The summed E-state index contributed by atoms with van der Waals surface area (Å²) in [6, 6.07) is 0. The van der Waals surface area contributed by atoms with Crippen molar-refractivity contribution >= 4 is 5.95 Å². The standard InChI is InChI=1S/C12H20F2N4O2/c1-20-5-2-15-6-10-7-16-12(17-8-10)18(3-4-19)9-11(13)14/h7-8,11,15,19H,2-6,9H2,1H3. The summed E-state index contributed by atoms with van der Waals surface area (Å²) in [6.07, 6.45) is 0.663. The van der Waals surface area contributed by atoms with Gasteiger partial charge in [-0.1, -0.05) is 0 Å². The van der Waals surface area contributed by atoms with Crippen molar-refractivity contribution in [2.75, 3.05) is 44.9 Å². The van der Waals surface area contributed by atoms with E-state index in [0.29, 0.717) is 19.7 Å². The molecular formula is C12H20F2N4O2. The van der Waals surface area contributed by atoms with Crippen LogP contribution in [-0.2, 0) is 11.3 Å². The van der Waals surface area contributed by atoms with Crippen LogP contribution in [-0.4, -0.2) is 61.5 Å². The van der Waals surface area contributed by atoms with E-state index >= 15 is 0 Å². The van der Waals surface area contributed by atoms with Gasteiger partial charge >= 0.3 is 0 Å². The fourth-order valence-corrected chi connectivity index (χ4v) is 1.57. The Hall–Kier alpha value is -1.38. The van der Waals surface area contributed by atoms with Crippen LogP contribution in [0.4, 0.5) is 14.7 Å². The Morgan fingerprint density at radius 3 is 2.65 bits per heavy atom. The lowest BCUT2D eigenvalue weighted by molar-refractivity contribution is 0.152. The zero-order chi connectivity index (χ0) is 14.8. The van der Waals surface area contributed by atoms with Crippen LogP contribution in [0.15, 0.2) is 12.4 Å². The van der Waals surface area contributed by atoms with Crippen molar-refractivity contribution in [1.82, 2.24) is 15.3 Å². The first-order chi connectivity index (χ1) is 9.67. The summed E-state index contributed by atoms with van der Waals surface area (Å²) in [7, 11) is 1.62. The van der Waals surface area contributed by atoms with Crippen molar-refractivity contribution in [2.45, 2.75) is 13.0 Å². The molecule has 1 aromatic rings. The first-order valence-electron chi connectivity index (χ1n) is 6.32. The maximum absolute atomic E-state index is 12.4. The minimum absolute atomic E-state index is 0.0791. The largest absolute Gasteiger partial charge is 0.395 e. The number of nitrogens with one attached hydrogen (secondary N) is 1. The normalized spacial score (nSPS) is 11.1. The molecule has 1 rings (SSSR count). The van der Waals surface area contributed by atoms with E-state index in [0.717, 1.165) is 5.56 Å². The van der Waals surface area contributed by atoms with Crippen molar-refractivity contribution in [3.63, 3.8) is 0 Å². The Kier molecular flexibility index (Phi) is 7.93. The van der Waals surface area contributed by atoms with E-state index in [1.807, 2.05) is 0 Å². The zero-order valence-corrected chi connectivity index (χ0v) is 11.4. The topological polar surface area (TPSA) is 70.5 Å². The van der Waals surface area contributed by atoms with Crippen molar-refractivity contribution in [3.05, 3.63) is 18.0 Å². The third kappa shape index (κ3) is 6.18. The first-order valence-corrected chi connectivity index (χ1v) is 6.32. The molecule has 0 unspecified atom stereocenters. The van der Waals surface area contributed by atoms with E-state index in [1.165, 1.54) is 4.90 Å². The second-order valence-corrected chi connectivity index (χ2v) is 4.12. The zero-order valence-electron chi connectivity index (χ0n) is 11.4. The summed E-state index contributed by atoms with van der Waals surface area (Å²) in [5, 5.41) is 12.0. The van der Waals surface area contributed by atoms with Crippen LogP contribution < -0.4 is 10.2 Å². The molecule has 2 N–H and O–H groups in total. The van der Waals surface area contributed by atoms with Gasteiger partial charge in [-0.15, -0.1) is 0 Å². The van der Waals surface area contributed by atoms with E-state index in [9.17, 15) is 8.78 Å². The molecule has 114 valence electrons. The van der Waals surface area contributed by atoms with Crippen LogP contribution in [0.3, 0.4) is 0 Å². The molecule has 0 fully saturated rings. The van der Waals surface area contributed by atoms with Gasteiger partial charge in [-0.25, -0.2) is 18.7 Å². The number of aromatic nitrogens is 2. The summed E-state index contributed by atoms with van der Waals surface area (Å²) >= 11 is 0. The lowest BCUT2D eigenvalue weighted by Crippen LogP contribution is -2.33. The molecule has 6 nitrogen and oxygen atoms in total. The van der Waals surface area contributed by atoms with Gasteiger partial charge in [-0.05, 0) is 0 Å². The number of hydrogen-bond donors (Lipinski definition) is 2. The molecule has 1 heterocycles. The fraction of sp³-hybridized carbons (Fsp3) is 0.667. The highest BCUT2D eigenvalue weighted by Crippen LogP contribution is 2.09. The van der Waals surface area contributed by atoms with Gasteiger partial charge in [0.05, 0.1) is 19.8 Å². The van der Waals surface area contributed by atoms with E-state index in [1.54, 1.807) is 19.5 Å². The highest BCUT2D eigenvalue weighted by Gasteiger charge is 2.14. The van der Waals surface area contributed by atoms with Gasteiger partial charge in [-0.2, -0.15) is 0 Å². The van der Waals surface area contributed by atoms with Crippen LogP contribution >= 0.6 is 0 Å². The summed E-state index contributed by atoms with van der Waals surface area (Å²) in [5.74, 6) is 0.194. The molecule has 0 aliphatic carbocycles. The van der Waals surface area contributed by atoms with Crippen molar-refractivity contribution in [1.29, 1.82) is 0 Å². The molecule has 0 aromatic carbocycles. The molecule has 0 amide bonds.